The van der Waals surface area contributed by atoms with Crippen molar-refractivity contribution in [2.45, 2.75) is 19.9 Å². The lowest BCUT2D eigenvalue weighted by atomic mass is 10.1. The molecule has 1 unspecified atom stereocenters. The van der Waals surface area contributed by atoms with Crippen LogP contribution in [0.1, 0.15) is 24.1 Å². The minimum absolute atomic E-state index is 0.0922. The van der Waals surface area contributed by atoms with Crippen LogP contribution in [-0.4, -0.2) is 23.4 Å². The number of aryl methyl sites for hydroxylation is 1. The Hall–Kier alpha value is -2.20. The van der Waals surface area contributed by atoms with E-state index in [1.54, 1.807) is 18.2 Å². The molecule has 21 heavy (non-hydrogen) atoms. The van der Waals surface area contributed by atoms with Crippen LogP contribution in [0, 0.1) is 6.92 Å². The van der Waals surface area contributed by atoms with Gasteiger partial charge < -0.3 is 20.3 Å². The number of phenolic OH excluding ortho intramolecular Hbond substituents is 2. The van der Waals surface area contributed by atoms with Gasteiger partial charge >= 0.3 is 0 Å². The SMILES string of the molecule is Cc1cccc(OCCNC(C)c2c(O)cccc2O)c1. The molecule has 0 aromatic heterocycles. The monoisotopic (exact) mass is 287 g/mol. The number of aromatic hydroxyl groups is 2. The summed E-state index contributed by atoms with van der Waals surface area (Å²) in [6, 6.07) is 12.5. The summed E-state index contributed by atoms with van der Waals surface area (Å²) in [7, 11) is 0. The van der Waals surface area contributed by atoms with Gasteiger partial charge in [0.15, 0.2) is 0 Å². The second-order valence-electron chi connectivity index (χ2n) is 5.05. The molecular formula is C17H21NO3. The van der Waals surface area contributed by atoms with Crippen molar-refractivity contribution in [3.63, 3.8) is 0 Å². The number of phenols is 2. The van der Waals surface area contributed by atoms with Crippen molar-refractivity contribution in [2.24, 2.45) is 0 Å². The number of hydrogen-bond acceptors (Lipinski definition) is 4. The van der Waals surface area contributed by atoms with Gasteiger partial charge in [0.25, 0.3) is 0 Å². The third kappa shape index (κ3) is 4.13. The van der Waals surface area contributed by atoms with Crippen LogP contribution in [0.4, 0.5) is 0 Å². The van der Waals surface area contributed by atoms with Crippen LogP contribution in [0.5, 0.6) is 17.2 Å². The molecule has 0 fully saturated rings. The third-order valence-electron chi connectivity index (χ3n) is 3.30. The molecule has 1 atom stereocenters. The Morgan fingerprint density at radius 3 is 2.43 bits per heavy atom. The molecule has 112 valence electrons. The molecule has 0 saturated heterocycles. The van der Waals surface area contributed by atoms with Gasteiger partial charge in [0.2, 0.25) is 0 Å². The van der Waals surface area contributed by atoms with E-state index in [9.17, 15) is 10.2 Å². The molecule has 0 heterocycles. The number of hydrogen-bond donors (Lipinski definition) is 3. The van der Waals surface area contributed by atoms with E-state index in [0.29, 0.717) is 18.7 Å². The first-order chi connectivity index (χ1) is 10.1. The summed E-state index contributed by atoms with van der Waals surface area (Å²) >= 11 is 0. The maximum atomic E-state index is 9.80. The number of benzene rings is 2. The summed E-state index contributed by atoms with van der Waals surface area (Å²) < 4.78 is 5.65. The Kier molecular flexibility index (Phi) is 5.06. The van der Waals surface area contributed by atoms with Crippen molar-refractivity contribution in [3.8, 4) is 17.2 Å². The van der Waals surface area contributed by atoms with Gasteiger partial charge in [0.1, 0.15) is 23.9 Å². The molecule has 4 nitrogen and oxygen atoms in total. The summed E-state index contributed by atoms with van der Waals surface area (Å²) in [6.45, 7) is 5.04. The standard InChI is InChI=1S/C17H21NO3/c1-12-5-3-6-14(11-12)21-10-9-18-13(2)17-15(19)7-4-8-16(17)20/h3-8,11,13,18-20H,9-10H2,1-2H3. The van der Waals surface area contributed by atoms with Crippen molar-refractivity contribution in [1.29, 1.82) is 0 Å². The van der Waals surface area contributed by atoms with Crippen LogP contribution in [0.15, 0.2) is 42.5 Å². The molecule has 2 rings (SSSR count). The van der Waals surface area contributed by atoms with Gasteiger partial charge in [-0.1, -0.05) is 18.2 Å². The number of nitrogens with one attached hydrogen (secondary N) is 1. The minimum Gasteiger partial charge on any atom is -0.507 e. The molecule has 0 aliphatic heterocycles. The lowest BCUT2D eigenvalue weighted by Crippen LogP contribution is -2.24. The average molecular weight is 287 g/mol. The molecule has 0 aliphatic carbocycles. The van der Waals surface area contributed by atoms with Gasteiger partial charge in [-0.05, 0) is 43.7 Å². The fourth-order valence-electron chi connectivity index (χ4n) is 2.24. The van der Waals surface area contributed by atoms with Crippen molar-refractivity contribution in [2.75, 3.05) is 13.2 Å². The Bertz CT molecular complexity index is 578. The van der Waals surface area contributed by atoms with Gasteiger partial charge in [-0.25, -0.2) is 0 Å². The van der Waals surface area contributed by atoms with Crippen LogP contribution < -0.4 is 10.1 Å². The maximum Gasteiger partial charge on any atom is 0.124 e. The predicted octanol–water partition coefficient (Wildman–Crippen LogP) is 3.14. The Morgan fingerprint density at radius 1 is 1.10 bits per heavy atom. The largest absolute Gasteiger partial charge is 0.507 e. The van der Waals surface area contributed by atoms with Gasteiger partial charge in [0.05, 0.1) is 5.56 Å². The quantitative estimate of drug-likeness (QED) is 0.714. The smallest absolute Gasteiger partial charge is 0.124 e. The fraction of sp³-hybridized carbons (Fsp3) is 0.294. The molecule has 0 amide bonds. The van der Waals surface area contributed by atoms with E-state index in [-0.39, 0.29) is 17.5 Å². The summed E-state index contributed by atoms with van der Waals surface area (Å²) in [5, 5.41) is 22.8. The number of ether oxygens (including phenoxy) is 1. The lowest BCUT2D eigenvalue weighted by Gasteiger charge is -2.17. The van der Waals surface area contributed by atoms with Crippen molar-refractivity contribution in [3.05, 3.63) is 53.6 Å². The highest BCUT2D eigenvalue weighted by atomic mass is 16.5. The zero-order valence-corrected chi connectivity index (χ0v) is 12.3. The average Bonchev–Trinajstić information content (AvgIpc) is 2.43. The van der Waals surface area contributed by atoms with Crippen molar-refractivity contribution in [1.82, 2.24) is 5.32 Å². The molecule has 3 N–H and O–H groups in total. The van der Waals surface area contributed by atoms with Crippen molar-refractivity contribution < 1.29 is 14.9 Å². The normalized spacial score (nSPS) is 12.1. The van der Waals surface area contributed by atoms with Crippen molar-refractivity contribution >= 4 is 0 Å². The van der Waals surface area contributed by atoms with Gasteiger partial charge in [0, 0.05) is 12.6 Å². The van der Waals surface area contributed by atoms with Crippen LogP contribution in [-0.2, 0) is 0 Å². The highest BCUT2D eigenvalue weighted by molar-refractivity contribution is 5.44. The maximum absolute atomic E-state index is 9.80. The molecule has 0 saturated carbocycles. The number of rotatable bonds is 6. The Labute approximate surface area is 125 Å². The van der Waals surface area contributed by atoms with E-state index in [2.05, 4.69) is 5.32 Å². The predicted molar refractivity (Wildman–Crippen MR) is 82.9 cm³/mol. The fourth-order valence-corrected chi connectivity index (χ4v) is 2.24. The first-order valence-corrected chi connectivity index (χ1v) is 7.01. The molecular weight excluding hydrogens is 266 g/mol. The summed E-state index contributed by atoms with van der Waals surface area (Å²) in [6.07, 6.45) is 0. The Morgan fingerprint density at radius 2 is 1.76 bits per heavy atom. The molecule has 2 aromatic carbocycles. The molecule has 2 aromatic rings. The van der Waals surface area contributed by atoms with Gasteiger partial charge in [-0.15, -0.1) is 0 Å². The second kappa shape index (κ2) is 6.99. The topological polar surface area (TPSA) is 61.7 Å². The summed E-state index contributed by atoms with van der Waals surface area (Å²) in [5.41, 5.74) is 1.67. The van der Waals surface area contributed by atoms with E-state index in [4.69, 9.17) is 4.74 Å². The van der Waals surface area contributed by atoms with E-state index >= 15 is 0 Å². The zero-order chi connectivity index (χ0) is 15.2. The first-order valence-electron chi connectivity index (χ1n) is 7.01. The molecule has 0 aliphatic rings. The summed E-state index contributed by atoms with van der Waals surface area (Å²) in [4.78, 5) is 0. The highest BCUT2D eigenvalue weighted by Crippen LogP contribution is 2.31. The van der Waals surface area contributed by atoms with Crippen LogP contribution >= 0.6 is 0 Å². The van der Waals surface area contributed by atoms with Crippen LogP contribution in [0.2, 0.25) is 0 Å². The molecule has 4 heteroatoms. The van der Waals surface area contributed by atoms with E-state index in [1.807, 2.05) is 38.1 Å². The first kappa shape index (κ1) is 15.2. The highest BCUT2D eigenvalue weighted by Gasteiger charge is 2.14. The van der Waals surface area contributed by atoms with E-state index in [0.717, 1.165) is 11.3 Å². The van der Waals surface area contributed by atoms with E-state index < -0.39 is 0 Å². The minimum atomic E-state index is -0.160. The summed E-state index contributed by atoms with van der Waals surface area (Å²) in [5.74, 6) is 1.03. The molecule has 0 radical (unpaired) electrons. The van der Waals surface area contributed by atoms with Gasteiger partial charge in [-0.2, -0.15) is 0 Å². The lowest BCUT2D eigenvalue weighted by molar-refractivity contribution is 0.305. The Balaban J connectivity index is 1.83. The third-order valence-corrected chi connectivity index (χ3v) is 3.30. The van der Waals surface area contributed by atoms with Crippen LogP contribution in [0.3, 0.4) is 0 Å². The molecule has 0 spiro atoms. The van der Waals surface area contributed by atoms with E-state index in [1.165, 1.54) is 0 Å². The van der Waals surface area contributed by atoms with Crippen LogP contribution in [0.25, 0.3) is 0 Å². The molecule has 0 bridgehead atoms. The second-order valence-corrected chi connectivity index (χ2v) is 5.05. The zero-order valence-electron chi connectivity index (χ0n) is 12.3. The van der Waals surface area contributed by atoms with Gasteiger partial charge in [-0.3, -0.25) is 0 Å².